The highest BCUT2D eigenvalue weighted by Crippen LogP contribution is 2.44. The van der Waals surface area contributed by atoms with E-state index in [1.165, 1.54) is 35.1 Å². The second-order valence-electron chi connectivity index (χ2n) is 8.07. The first-order chi connectivity index (χ1) is 13.2. The molecule has 1 aliphatic carbocycles. The Balaban J connectivity index is 1.78. The summed E-state index contributed by atoms with van der Waals surface area (Å²) in [6, 6.07) is 0. The molecule has 0 fully saturated rings. The lowest BCUT2D eigenvalue weighted by Crippen LogP contribution is -2.26. The van der Waals surface area contributed by atoms with E-state index in [-0.39, 0.29) is 23.0 Å². The molecule has 1 N–H and O–H groups in total. The zero-order valence-electron chi connectivity index (χ0n) is 16.9. The number of hydrogen-bond donors (Lipinski definition) is 1. The molecule has 0 aliphatic heterocycles. The van der Waals surface area contributed by atoms with Crippen molar-refractivity contribution in [2.75, 3.05) is 18.2 Å². The average molecular weight is 423 g/mol. The van der Waals surface area contributed by atoms with Crippen LogP contribution in [0.3, 0.4) is 0 Å². The van der Waals surface area contributed by atoms with E-state index in [9.17, 15) is 9.59 Å². The van der Waals surface area contributed by atoms with Gasteiger partial charge < -0.3 is 14.6 Å². The first-order valence-corrected chi connectivity index (χ1v) is 11.0. The lowest BCUT2D eigenvalue weighted by molar-refractivity contribution is -0.113. The van der Waals surface area contributed by atoms with Crippen LogP contribution in [0.15, 0.2) is 11.5 Å². The monoisotopic (exact) mass is 422 g/mol. The molecule has 1 atom stereocenters. The van der Waals surface area contributed by atoms with Gasteiger partial charge in [-0.3, -0.25) is 4.79 Å². The first kappa shape index (κ1) is 20.9. The average Bonchev–Trinajstić information content (AvgIpc) is 3.20. The molecule has 9 heteroatoms. The molecule has 0 bridgehead atoms. The second-order valence-corrected chi connectivity index (χ2v) is 10.1. The summed E-state index contributed by atoms with van der Waals surface area (Å²) in [4.78, 5) is 26.1. The number of thioether (sulfide) groups is 1. The topological polar surface area (TPSA) is 86.1 Å². The summed E-state index contributed by atoms with van der Waals surface area (Å²) >= 11 is 2.81. The van der Waals surface area contributed by atoms with Crippen molar-refractivity contribution in [3.8, 4) is 0 Å². The molecule has 2 aromatic heterocycles. The molecule has 0 unspecified atom stereocenters. The number of esters is 1. The molecule has 0 spiro atoms. The van der Waals surface area contributed by atoms with Crippen LogP contribution in [0.25, 0.3) is 0 Å². The van der Waals surface area contributed by atoms with Gasteiger partial charge in [0.1, 0.15) is 11.3 Å². The Bertz CT molecular complexity index is 882. The number of fused-ring (bicyclic) bond motifs is 1. The van der Waals surface area contributed by atoms with E-state index in [4.69, 9.17) is 4.74 Å². The molecular formula is C19H26N4O3S2. The highest BCUT2D eigenvalue weighted by molar-refractivity contribution is 7.99. The minimum Gasteiger partial charge on any atom is -0.465 e. The lowest BCUT2D eigenvalue weighted by atomic mass is 9.72. The normalized spacial score (nSPS) is 16.5. The molecule has 0 saturated carbocycles. The zero-order chi connectivity index (χ0) is 20.5. The van der Waals surface area contributed by atoms with Crippen LogP contribution in [0.1, 0.15) is 48.0 Å². The van der Waals surface area contributed by atoms with Gasteiger partial charge in [0.2, 0.25) is 5.91 Å². The summed E-state index contributed by atoms with van der Waals surface area (Å²) in [6.45, 7) is 6.76. The summed E-state index contributed by atoms with van der Waals surface area (Å²) in [5.74, 6) is 0.187. The van der Waals surface area contributed by atoms with Crippen molar-refractivity contribution >= 4 is 40.0 Å². The molecule has 2 aromatic rings. The van der Waals surface area contributed by atoms with Gasteiger partial charge in [-0.25, -0.2) is 4.79 Å². The minimum absolute atomic E-state index is 0.177. The van der Waals surface area contributed by atoms with Gasteiger partial charge in [0.15, 0.2) is 5.16 Å². The van der Waals surface area contributed by atoms with Gasteiger partial charge in [0.05, 0.1) is 18.4 Å². The predicted octanol–water partition coefficient (Wildman–Crippen LogP) is 3.55. The molecule has 2 heterocycles. The van der Waals surface area contributed by atoms with E-state index in [0.29, 0.717) is 21.6 Å². The maximum Gasteiger partial charge on any atom is 0.341 e. The van der Waals surface area contributed by atoms with Crippen LogP contribution in [0.4, 0.5) is 5.00 Å². The third kappa shape index (κ3) is 4.41. The Kier molecular flexibility index (Phi) is 6.14. The van der Waals surface area contributed by atoms with Gasteiger partial charge in [0.25, 0.3) is 0 Å². The molecule has 1 amide bonds. The van der Waals surface area contributed by atoms with Crippen molar-refractivity contribution in [1.29, 1.82) is 0 Å². The van der Waals surface area contributed by atoms with Crippen LogP contribution in [0, 0.1) is 11.3 Å². The van der Waals surface area contributed by atoms with Crippen LogP contribution in [-0.4, -0.2) is 39.5 Å². The lowest BCUT2D eigenvalue weighted by Gasteiger charge is -2.33. The van der Waals surface area contributed by atoms with Crippen molar-refractivity contribution in [2.24, 2.45) is 18.4 Å². The van der Waals surface area contributed by atoms with Gasteiger partial charge in [0, 0.05) is 11.9 Å². The van der Waals surface area contributed by atoms with Gasteiger partial charge in [-0.05, 0) is 36.2 Å². The number of carbonyl (C=O) groups is 2. The first-order valence-electron chi connectivity index (χ1n) is 9.20. The van der Waals surface area contributed by atoms with E-state index in [1.54, 1.807) is 10.9 Å². The smallest absolute Gasteiger partial charge is 0.341 e. The van der Waals surface area contributed by atoms with Crippen molar-refractivity contribution in [3.05, 3.63) is 22.3 Å². The number of nitrogens with zero attached hydrogens (tertiary/aromatic N) is 3. The number of hydrogen-bond acceptors (Lipinski definition) is 7. The summed E-state index contributed by atoms with van der Waals surface area (Å²) in [6.07, 6.45) is 4.39. The number of amides is 1. The fourth-order valence-corrected chi connectivity index (χ4v) is 5.45. The number of ether oxygens (including phenoxy) is 1. The molecule has 152 valence electrons. The molecule has 3 rings (SSSR count). The molecule has 1 aliphatic rings. The largest absolute Gasteiger partial charge is 0.465 e. The third-order valence-electron chi connectivity index (χ3n) is 5.13. The van der Waals surface area contributed by atoms with E-state index in [1.807, 2.05) is 7.05 Å². The quantitative estimate of drug-likeness (QED) is 0.586. The van der Waals surface area contributed by atoms with Crippen LogP contribution in [0.2, 0.25) is 0 Å². The van der Waals surface area contributed by atoms with Gasteiger partial charge in [-0.2, -0.15) is 0 Å². The maximum atomic E-state index is 12.5. The Morgan fingerprint density at radius 2 is 2.18 bits per heavy atom. The zero-order valence-corrected chi connectivity index (χ0v) is 18.5. The minimum atomic E-state index is -0.386. The number of aromatic nitrogens is 3. The van der Waals surface area contributed by atoms with Crippen molar-refractivity contribution in [2.45, 2.75) is 45.2 Å². The SMILES string of the molecule is COC(=O)c1c(NC(=O)CSc2nncn2C)sc2c1CC[C@@H](C(C)(C)C)C2. The third-order valence-corrected chi connectivity index (χ3v) is 7.34. The van der Waals surface area contributed by atoms with Gasteiger partial charge in [-0.15, -0.1) is 21.5 Å². The molecule has 0 saturated heterocycles. The van der Waals surface area contributed by atoms with Crippen molar-refractivity contribution in [3.63, 3.8) is 0 Å². The van der Waals surface area contributed by atoms with Gasteiger partial charge in [-0.1, -0.05) is 32.5 Å². The fraction of sp³-hybridized carbons (Fsp3) is 0.579. The molecule has 7 nitrogen and oxygen atoms in total. The molecule has 0 aromatic carbocycles. The van der Waals surface area contributed by atoms with Crippen LogP contribution >= 0.6 is 23.1 Å². The number of nitrogens with one attached hydrogen (secondary N) is 1. The Morgan fingerprint density at radius 3 is 2.79 bits per heavy atom. The fourth-order valence-electron chi connectivity index (χ4n) is 3.43. The van der Waals surface area contributed by atoms with E-state index >= 15 is 0 Å². The van der Waals surface area contributed by atoms with E-state index < -0.39 is 0 Å². The predicted molar refractivity (Wildman–Crippen MR) is 111 cm³/mol. The van der Waals surface area contributed by atoms with Crippen molar-refractivity contribution < 1.29 is 14.3 Å². The second kappa shape index (κ2) is 8.24. The van der Waals surface area contributed by atoms with E-state index in [2.05, 4.69) is 36.3 Å². The number of rotatable bonds is 5. The summed E-state index contributed by atoms with van der Waals surface area (Å²) in [7, 11) is 3.21. The van der Waals surface area contributed by atoms with Crippen LogP contribution in [0.5, 0.6) is 0 Å². The molecule has 28 heavy (non-hydrogen) atoms. The van der Waals surface area contributed by atoms with Crippen LogP contribution < -0.4 is 5.32 Å². The number of thiophene rings is 1. The van der Waals surface area contributed by atoms with E-state index in [0.717, 1.165) is 24.8 Å². The highest BCUT2D eigenvalue weighted by Gasteiger charge is 2.34. The van der Waals surface area contributed by atoms with Crippen LogP contribution in [-0.2, 0) is 29.4 Å². The highest BCUT2D eigenvalue weighted by atomic mass is 32.2. The molecular weight excluding hydrogens is 396 g/mol. The standard InChI is InChI=1S/C19H26N4O3S2/c1-19(2,3)11-6-7-12-13(8-11)28-16(15(12)17(25)26-5)21-14(24)9-27-18-22-20-10-23(18)4/h10-11H,6-9H2,1-5H3,(H,21,24)/t11-/m1/s1. The van der Waals surface area contributed by atoms with Gasteiger partial charge >= 0.3 is 5.97 Å². The Labute approximate surface area is 173 Å². The Hall–Kier alpha value is -1.87. The molecule has 0 radical (unpaired) electrons. The summed E-state index contributed by atoms with van der Waals surface area (Å²) in [5.41, 5.74) is 1.77. The number of carbonyl (C=O) groups excluding carboxylic acids is 2. The van der Waals surface area contributed by atoms with Crippen molar-refractivity contribution in [1.82, 2.24) is 14.8 Å². The maximum absolute atomic E-state index is 12.5. The number of anilines is 1. The summed E-state index contributed by atoms with van der Waals surface area (Å²) in [5, 5.41) is 11.9. The Morgan fingerprint density at radius 1 is 1.43 bits per heavy atom. The summed E-state index contributed by atoms with van der Waals surface area (Å²) < 4.78 is 6.76. The number of methoxy groups -OCH3 is 1. The number of aryl methyl sites for hydroxylation is 1.